The number of anilines is 1. The van der Waals surface area contributed by atoms with Gasteiger partial charge in [0.1, 0.15) is 11.2 Å². The summed E-state index contributed by atoms with van der Waals surface area (Å²) in [6, 6.07) is 19.1. The van der Waals surface area contributed by atoms with Crippen LogP contribution in [-0.4, -0.2) is 40.4 Å². The molecule has 2 aromatic carbocycles. The molecule has 2 heterocycles. The van der Waals surface area contributed by atoms with Gasteiger partial charge in [0, 0.05) is 23.6 Å². The van der Waals surface area contributed by atoms with E-state index in [-0.39, 0.29) is 27.5 Å². The van der Waals surface area contributed by atoms with Crippen molar-refractivity contribution >= 4 is 40.1 Å². The average Bonchev–Trinajstić information content (AvgIpc) is 2.89. The number of aromatic amines is 1. The molecule has 0 fully saturated rings. The Hall–Kier alpha value is -4.21. The van der Waals surface area contributed by atoms with Gasteiger partial charge in [-0.15, -0.1) is 0 Å². The van der Waals surface area contributed by atoms with Crippen LogP contribution in [-0.2, 0) is 6.42 Å². The standard InChI is InChI=1S/C26H24ClN5O4/c1-36-22-12-10-17-14-19(25(34)31-23(17)30-22)24(33)29-21-15-18(9-11-20(21)27)26(35)32(28)13-5-8-16-6-3-2-4-7-16/h2-4,6-7,9-12,14-15H,5,8,13,28H2,1H3,(H,29,33)(H,30,31,34). The Morgan fingerprint density at radius 3 is 2.64 bits per heavy atom. The van der Waals surface area contributed by atoms with Crippen molar-refractivity contribution in [3.05, 3.63) is 98.8 Å². The minimum Gasteiger partial charge on any atom is -0.481 e. The quantitative estimate of drug-likeness (QED) is 0.190. The molecule has 0 aliphatic heterocycles. The highest BCUT2D eigenvalue weighted by Gasteiger charge is 2.18. The number of nitrogens with one attached hydrogen (secondary N) is 2. The molecule has 4 rings (SSSR count). The summed E-state index contributed by atoms with van der Waals surface area (Å²) in [7, 11) is 1.46. The number of carbonyl (C=O) groups is 2. The molecule has 36 heavy (non-hydrogen) atoms. The van der Waals surface area contributed by atoms with Gasteiger partial charge in [0.15, 0.2) is 0 Å². The van der Waals surface area contributed by atoms with Crippen LogP contribution in [0.5, 0.6) is 5.88 Å². The Labute approximate surface area is 211 Å². The normalized spacial score (nSPS) is 10.8. The van der Waals surface area contributed by atoms with Crippen molar-refractivity contribution in [1.82, 2.24) is 15.0 Å². The lowest BCUT2D eigenvalue weighted by Crippen LogP contribution is -2.38. The van der Waals surface area contributed by atoms with Crippen molar-refractivity contribution in [3.8, 4) is 5.88 Å². The van der Waals surface area contributed by atoms with Crippen LogP contribution in [0.25, 0.3) is 11.0 Å². The lowest BCUT2D eigenvalue weighted by atomic mass is 10.1. The lowest BCUT2D eigenvalue weighted by Gasteiger charge is -2.17. The van der Waals surface area contributed by atoms with Crippen LogP contribution in [0.2, 0.25) is 5.02 Å². The molecule has 0 aliphatic carbocycles. The number of hydrogen-bond donors (Lipinski definition) is 3. The molecule has 2 amide bonds. The number of aromatic nitrogens is 2. The SMILES string of the molecule is COc1ccc2cc(C(=O)Nc3cc(C(=O)N(N)CCCc4ccccc4)ccc3Cl)c(=O)[nH]c2n1. The van der Waals surface area contributed by atoms with E-state index in [0.717, 1.165) is 17.0 Å². The number of hydrogen-bond acceptors (Lipinski definition) is 6. The summed E-state index contributed by atoms with van der Waals surface area (Å²) in [6.07, 6.45) is 1.47. The zero-order chi connectivity index (χ0) is 25.7. The Morgan fingerprint density at radius 1 is 1.11 bits per heavy atom. The highest BCUT2D eigenvalue weighted by molar-refractivity contribution is 6.34. The first-order valence-corrected chi connectivity index (χ1v) is 11.5. The zero-order valence-corrected chi connectivity index (χ0v) is 20.2. The van der Waals surface area contributed by atoms with Gasteiger partial charge < -0.3 is 15.0 Å². The van der Waals surface area contributed by atoms with Crippen LogP contribution in [0.3, 0.4) is 0 Å². The second-order valence-corrected chi connectivity index (χ2v) is 8.45. The second-order valence-electron chi connectivity index (χ2n) is 8.04. The minimum absolute atomic E-state index is 0.136. The highest BCUT2D eigenvalue weighted by Crippen LogP contribution is 2.24. The third kappa shape index (κ3) is 5.70. The number of benzene rings is 2. The van der Waals surface area contributed by atoms with Crippen molar-refractivity contribution in [3.63, 3.8) is 0 Å². The maximum atomic E-state index is 12.9. The molecule has 0 saturated heterocycles. The van der Waals surface area contributed by atoms with Crippen LogP contribution in [0.4, 0.5) is 5.69 Å². The van der Waals surface area contributed by atoms with E-state index < -0.39 is 17.4 Å². The van der Waals surface area contributed by atoms with Crippen molar-refractivity contribution in [2.45, 2.75) is 12.8 Å². The van der Waals surface area contributed by atoms with Crippen LogP contribution in [0, 0.1) is 0 Å². The predicted octanol–water partition coefficient (Wildman–Crippen LogP) is 3.79. The molecule has 184 valence electrons. The number of amides is 2. The van der Waals surface area contributed by atoms with Crippen molar-refractivity contribution in [2.24, 2.45) is 5.84 Å². The van der Waals surface area contributed by atoms with Gasteiger partial charge in [-0.3, -0.25) is 19.4 Å². The lowest BCUT2D eigenvalue weighted by molar-refractivity contribution is 0.0753. The van der Waals surface area contributed by atoms with Gasteiger partial charge in [0.2, 0.25) is 5.88 Å². The first kappa shape index (κ1) is 24.9. The number of fused-ring (bicyclic) bond motifs is 1. The van der Waals surface area contributed by atoms with E-state index in [4.69, 9.17) is 22.2 Å². The molecule has 0 aliphatic rings. The number of ether oxygens (including phenoxy) is 1. The molecule has 0 radical (unpaired) electrons. The van der Waals surface area contributed by atoms with E-state index in [1.165, 1.54) is 31.4 Å². The van der Waals surface area contributed by atoms with Gasteiger partial charge >= 0.3 is 0 Å². The predicted molar refractivity (Wildman–Crippen MR) is 138 cm³/mol. The molecular formula is C26H24ClN5O4. The van der Waals surface area contributed by atoms with Gasteiger partial charge in [0.25, 0.3) is 17.4 Å². The summed E-state index contributed by atoms with van der Waals surface area (Å²) < 4.78 is 5.05. The highest BCUT2D eigenvalue weighted by atomic mass is 35.5. The summed E-state index contributed by atoms with van der Waals surface area (Å²) in [4.78, 5) is 45.0. The van der Waals surface area contributed by atoms with E-state index in [1.54, 1.807) is 12.1 Å². The molecule has 0 spiro atoms. The molecule has 0 atom stereocenters. The number of hydrazine groups is 1. The number of carbonyl (C=O) groups excluding carboxylic acids is 2. The molecule has 0 unspecified atom stereocenters. The van der Waals surface area contributed by atoms with Crippen LogP contribution < -0.4 is 21.5 Å². The number of methoxy groups -OCH3 is 1. The number of aryl methyl sites for hydroxylation is 1. The first-order valence-electron chi connectivity index (χ1n) is 11.1. The summed E-state index contributed by atoms with van der Waals surface area (Å²) in [6.45, 7) is 0.351. The molecule has 2 aromatic heterocycles. The number of nitrogens with zero attached hydrogens (tertiary/aromatic N) is 2. The Balaban J connectivity index is 1.47. The maximum absolute atomic E-state index is 12.9. The van der Waals surface area contributed by atoms with Crippen LogP contribution in [0.15, 0.2) is 71.5 Å². The van der Waals surface area contributed by atoms with Crippen molar-refractivity contribution < 1.29 is 14.3 Å². The number of pyridine rings is 2. The van der Waals surface area contributed by atoms with E-state index in [2.05, 4.69) is 15.3 Å². The summed E-state index contributed by atoms with van der Waals surface area (Å²) >= 11 is 6.25. The Kier molecular flexibility index (Phi) is 7.62. The fraction of sp³-hybridized carbons (Fsp3) is 0.154. The van der Waals surface area contributed by atoms with Gasteiger partial charge in [-0.1, -0.05) is 41.9 Å². The summed E-state index contributed by atoms with van der Waals surface area (Å²) in [5.41, 5.74) is 1.11. The smallest absolute Gasteiger partial charge is 0.267 e. The molecule has 0 bridgehead atoms. The van der Waals surface area contributed by atoms with Crippen molar-refractivity contribution in [1.29, 1.82) is 0 Å². The number of rotatable bonds is 8. The molecule has 4 N–H and O–H groups in total. The number of halogens is 1. The second kappa shape index (κ2) is 11.0. The van der Waals surface area contributed by atoms with E-state index in [0.29, 0.717) is 24.2 Å². The topological polar surface area (TPSA) is 130 Å². The number of nitrogens with two attached hydrogens (primary N) is 1. The minimum atomic E-state index is -0.687. The maximum Gasteiger partial charge on any atom is 0.267 e. The zero-order valence-electron chi connectivity index (χ0n) is 19.5. The molecule has 4 aromatic rings. The summed E-state index contributed by atoms with van der Waals surface area (Å²) in [5, 5.41) is 4.49. The van der Waals surface area contributed by atoms with E-state index >= 15 is 0 Å². The van der Waals surface area contributed by atoms with Crippen LogP contribution >= 0.6 is 11.6 Å². The molecule has 10 heteroatoms. The Bertz CT molecular complexity index is 1470. The van der Waals surface area contributed by atoms with Gasteiger partial charge in [0.05, 0.1) is 17.8 Å². The number of H-pyrrole nitrogens is 1. The fourth-order valence-electron chi connectivity index (χ4n) is 3.66. The summed E-state index contributed by atoms with van der Waals surface area (Å²) in [5.74, 6) is 5.22. The third-order valence-electron chi connectivity index (χ3n) is 5.56. The van der Waals surface area contributed by atoms with Gasteiger partial charge in [-0.05, 0) is 48.7 Å². The molecular weight excluding hydrogens is 482 g/mol. The molecule has 9 nitrogen and oxygen atoms in total. The van der Waals surface area contributed by atoms with E-state index in [1.807, 2.05) is 30.3 Å². The average molecular weight is 506 g/mol. The van der Waals surface area contributed by atoms with E-state index in [9.17, 15) is 14.4 Å². The monoisotopic (exact) mass is 505 g/mol. The first-order chi connectivity index (χ1) is 17.4. The Morgan fingerprint density at radius 2 is 1.89 bits per heavy atom. The largest absolute Gasteiger partial charge is 0.481 e. The van der Waals surface area contributed by atoms with Crippen molar-refractivity contribution in [2.75, 3.05) is 19.0 Å². The van der Waals surface area contributed by atoms with Gasteiger partial charge in [-0.25, -0.2) is 5.84 Å². The third-order valence-corrected chi connectivity index (χ3v) is 5.89. The van der Waals surface area contributed by atoms with Gasteiger partial charge in [-0.2, -0.15) is 4.98 Å². The molecule has 0 saturated carbocycles. The fourth-order valence-corrected chi connectivity index (χ4v) is 3.82. The van der Waals surface area contributed by atoms with Crippen LogP contribution in [0.1, 0.15) is 32.7 Å².